The molecule has 0 saturated carbocycles. The van der Waals surface area contributed by atoms with Crippen molar-refractivity contribution < 1.29 is 4.79 Å². The Bertz CT molecular complexity index is 362. The van der Waals surface area contributed by atoms with Gasteiger partial charge < -0.3 is 10.3 Å². The van der Waals surface area contributed by atoms with E-state index in [0.29, 0.717) is 18.8 Å². The highest BCUT2D eigenvalue weighted by Gasteiger charge is 2.03. The van der Waals surface area contributed by atoms with E-state index in [0.717, 1.165) is 0 Å². The minimum Gasteiger partial charge on any atom is -0.351 e. The number of carbonyl (C=O) groups is 1. The zero-order valence-electron chi connectivity index (χ0n) is 7.55. The number of nitrogens with one attached hydrogen (secondary N) is 2. The van der Waals surface area contributed by atoms with Crippen LogP contribution in [0.4, 0.5) is 0 Å². The van der Waals surface area contributed by atoms with Crippen LogP contribution in [-0.2, 0) is 0 Å². The highest BCUT2D eigenvalue weighted by Crippen LogP contribution is 1.90. The number of aromatic nitrogens is 1. The Balaban J connectivity index is 2.56. The van der Waals surface area contributed by atoms with Gasteiger partial charge in [0.1, 0.15) is 5.69 Å². The number of aromatic amines is 1. The molecule has 76 valence electrons. The topological polar surface area (TPSA) is 62.0 Å². The molecule has 14 heavy (non-hydrogen) atoms. The first kappa shape index (κ1) is 10.8. The van der Waals surface area contributed by atoms with Crippen molar-refractivity contribution in [1.82, 2.24) is 10.3 Å². The van der Waals surface area contributed by atoms with Gasteiger partial charge in [-0.1, -0.05) is 6.07 Å². The Kier molecular flexibility index (Phi) is 4.19. The van der Waals surface area contributed by atoms with Gasteiger partial charge in [0.05, 0.1) is 0 Å². The third kappa shape index (κ3) is 3.22. The fraction of sp³-hybridized carbons (Fsp3) is 0.333. The Morgan fingerprint density at radius 2 is 2.29 bits per heavy atom. The van der Waals surface area contributed by atoms with Crippen molar-refractivity contribution in [3.8, 4) is 0 Å². The number of hydrogen-bond donors (Lipinski definition) is 2. The molecule has 4 nitrogen and oxygen atoms in total. The zero-order chi connectivity index (χ0) is 10.4. The van der Waals surface area contributed by atoms with E-state index in [1.165, 1.54) is 12.1 Å². The van der Waals surface area contributed by atoms with Crippen LogP contribution in [0.2, 0.25) is 0 Å². The second-order valence-electron chi connectivity index (χ2n) is 2.73. The highest BCUT2D eigenvalue weighted by atomic mass is 35.5. The molecule has 1 aromatic heterocycles. The summed E-state index contributed by atoms with van der Waals surface area (Å²) in [6, 6.07) is 4.45. The summed E-state index contributed by atoms with van der Waals surface area (Å²) in [4.78, 5) is 24.6. The minimum atomic E-state index is -0.284. The van der Waals surface area contributed by atoms with Gasteiger partial charge in [-0.25, -0.2) is 0 Å². The molecule has 1 heterocycles. The average molecular weight is 215 g/mol. The van der Waals surface area contributed by atoms with E-state index in [1.807, 2.05) is 0 Å². The molecular formula is C9H11ClN2O2. The summed E-state index contributed by atoms with van der Waals surface area (Å²) in [5.74, 6) is 0.221. The molecule has 1 amide bonds. The van der Waals surface area contributed by atoms with E-state index in [9.17, 15) is 9.59 Å². The molecule has 1 rings (SSSR count). The summed E-state index contributed by atoms with van der Waals surface area (Å²) in [5, 5.41) is 2.63. The molecule has 0 unspecified atom stereocenters. The van der Waals surface area contributed by atoms with Gasteiger partial charge in [-0.05, 0) is 12.5 Å². The molecule has 0 aliphatic rings. The molecule has 0 atom stereocenters. The number of halogens is 1. The fourth-order valence-electron chi connectivity index (χ4n) is 0.944. The standard InChI is InChI=1S/C9H11ClN2O2/c10-5-2-6-11-9(14)7-3-1-4-8(13)12-7/h1,3-4H,2,5-6H2,(H,11,14)(H,12,13). The first-order valence-electron chi connectivity index (χ1n) is 4.27. The molecular weight excluding hydrogens is 204 g/mol. The van der Waals surface area contributed by atoms with Gasteiger partial charge in [-0.3, -0.25) is 9.59 Å². The number of H-pyrrole nitrogens is 1. The molecule has 0 aromatic carbocycles. The van der Waals surface area contributed by atoms with Crippen LogP contribution >= 0.6 is 11.6 Å². The Morgan fingerprint density at radius 1 is 1.50 bits per heavy atom. The maximum absolute atomic E-state index is 11.3. The van der Waals surface area contributed by atoms with Crippen molar-refractivity contribution in [3.05, 3.63) is 34.2 Å². The maximum Gasteiger partial charge on any atom is 0.267 e. The fourth-order valence-corrected chi connectivity index (χ4v) is 1.08. The molecule has 5 heteroatoms. The van der Waals surface area contributed by atoms with Crippen LogP contribution in [0.15, 0.2) is 23.0 Å². The quantitative estimate of drug-likeness (QED) is 0.574. The smallest absolute Gasteiger partial charge is 0.267 e. The lowest BCUT2D eigenvalue weighted by Crippen LogP contribution is -2.27. The van der Waals surface area contributed by atoms with Crippen molar-refractivity contribution in [2.45, 2.75) is 6.42 Å². The number of pyridine rings is 1. The summed E-state index contributed by atoms with van der Waals surface area (Å²) < 4.78 is 0. The third-order valence-corrected chi connectivity index (χ3v) is 1.88. The molecule has 0 bridgehead atoms. The number of amides is 1. The van der Waals surface area contributed by atoms with Crippen LogP contribution in [0.5, 0.6) is 0 Å². The lowest BCUT2D eigenvalue weighted by Gasteiger charge is -2.02. The summed E-state index contributed by atoms with van der Waals surface area (Å²) in [5.41, 5.74) is -0.0120. The summed E-state index contributed by atoms with van der Waals surface area (Å²) >= 11 is 5.45. The second-order valence-corrected chi connectivity index (χ2v) is 3.11. The van der Waals surface area contributed by atoms with E-state index < -0.39 is 0 Å². The van der Waals surface area contributed by atoms with Gasteiger partial charge in [-0.2, -0.15) is 0 Å². The molecule has 2 N–H and O–H groups in total. The van der Waals surface area contributed by atoms with E-state index in [4.69, 9.17) is 11.6 Å². The lowest BCUT2D eigenvalue weighted by molar-refractivity contribution is 0.0948. The Morgan fingerprint density at radius 3 is 2.93 bits per heavy atom. The second kappa shape index (κ2) is 5.44. The molecule has 1 aromatic rings. The lowest BCUT2D eigenvalue weighted by atomic mass is 10.3. The van der Waals surface area contributed by atoms with Gasteiger partial charge >= 0.3 is 0 Å². The van der Waals surface area contributed by atoms with E-state index in [1.54, 1.807) is 6.07 Å². The van der Waals surface area contributed by atoms with E-state index >= 15 is 0 Å². The van der Waals surface area contributed by atoms with E-state index in [2.05, 4.69) is 10.3 Å². The molecule has 0 aliphatic carbocycles. The average Bonchev–Trinajstić information content (AvgIpc) is 2.18. The van der Waals surface area contributed by atoms with Gasteiger partial charge in [0.2, 0.25) is 5.56 Å². The monoisotopic (exact) mass is 214 g/mol. The molecule has 0 fully saturated rings. The number of alkyl halides is 1. The van der Waals surface area contributed by atoms with Crippen LogP contribution in [0.25, 0.3) is 0 Å². The first-order valence-corrected chi connectivity index (χ1v) is 4.81. The van der Waals surface area contributed by atoms with Gasteiger partial charge in [0.15, 0.2) is 0 Å². The van der Waals surface area contributed by atoms with Crippen molar-refractivity contribution in [2.75, 3.05) is 12.4 Å². The largest absolute Gasteiger partial charge is 0.351 e. The Labute approximate surface area is 86.3 Å². The van der Waals surface area contributed by atoms with E-state index in [-0.39, 0.29) is 17.2 Å². The van der Waals surface area contributed by atoms with Gasteiger partial charge in [0, 0.05) is 18.5 Å². The van der Waals surface area contributed by atoms with Crippen LogP contribution in [-0.4, -0.2) is 23.3 Å². The molecule has 0 spiro atoms. The molecule has 0 aliphatic heterocycles. The van der Waals surface area contributed by atoms with Crippen molar-refractivity contribution in [1.29, 1.82) is 0 Å². The number of hydrogen-bond acceptors (Lipinski definition) is 2. The summed E-state index contributed by atoms with van der Waals surface area (Å²) in [6.45, 7) is 0.513. The Hall–Kier alpha value is -1.29. The van der Waals surface area contributed by atoms with Crippen LogP contribution in [0, 0.1) is 0 Å². The molecule has 0 radical (unpaired) electrons. The van der Waals surface area contributed by atoms with Crippen molar-refractivity contribution in [3.63, 3.8) is 0 Å². The predicted octanol–water partition coefficient (Wildman–Crippen LogP) is 0.734. The SMILES string of the molecule is O=C(NCCCCl)c1cccc(=O)[nH]1. The first-order chi connectivity index (χ1) is 6.74. The zero-order valence-corrected chi connectivity index (χ0v) is 8.30. The van der Waals surface area contributed by atoms with Gasteiger partial charge in [0.25, 0.3) is 5.91 Å². The predicted molar refractivity (Wildman–Crippen MR) is 54.7 cm³/mol. The van der Waals surface area contributed by atoms with Crippen LogP contribution in [0.3, 0.4) is 0 Å². The molecule has 0 saturated heterocycles. The number of carbonyl (C=O) groups excluding carboxylic acids is 1. The third-order valence-electron chi connectivity index (χ3n) is 1.61. The van der Waals surface area contributed by atoms with Crippen molar-refractivity contribution in [2.24, 2.45) is 0 Å². The van der Waals surface area contributed by atoms with Crippen LogP contribution in [0.1, 0.15) is 16.9 Å². The summed E-state index contributed by atoms with van der Waals surface area (Å²) in [6.07, 6.45) is 0.713. The maximum atomic E-state index is 11.3. The minimum absolute atomic E-state index is 0.270. The normalized spacial score (nSPS) is 9.79. The van der Waals surface area contributed by atoms with Crippen LogP contribution < -0.4 is 10.9 Å². The highest BCUT2D eigenvalue weighted by molar-refractivity contribution is 6.17. The van der Waals surface area contributed by atoms with Gasteiger partial charge in [-0.15, -0.1) is 11.6 Å². The summed E-state index contributed by atoms with van der Waals surface area (Å²) in [7, 11) is 0. The van der Waals surface area contributed by atoms with Crippen molar-refractivity contribution >= 4 is 17.5 Å². The number of rotatable bonds is 4.